The molecule has 5 heteroatoms. The van der Waals surface area contributed by atoms with Gasteiger partial charge in [-0.25, -0.2) is 4.39 Å². The number of halogens is 3. The monoisotopic (exact) mass is 424 g/mol. The van der Waals surface area contributed by atoms with Gasteiger partial charge in [-0.3, -0.25) is 4.99 Å². The Kier molecular flexibility index (Phi) is 4.70. The van der Waals surface area contributed by atoms with E-state index in [0.717, 1.165) is 29.8 Å². The number of fused-ring (bicyclic) bond motifs is 2. The molecule has 1 saturated heterocycles. The van der Waals surface area contributed by atoms with Crippen molar-refractivity contribution in [2.24, 2.45) is 4.99 Å². The summed E-state index contributed by atoms with van der Waals surface area (Å²) >= 11 is 12.4. The summed E-state index contributed by atoms with van der Waals surface area (Å²) in [4.78, 5) is 4.76. The van der Waals surface area contributed by atoms with Crippen LogP contribution < -0.4 is 5.32 Å². The summed E-state index contributed by atoms with van der Waals surface area (Å²) < 4.78 is 14.1. The maximum absolute atomic E-state index is 14.1. The third kappa shape index (κ3) is 3.09. The van der Waals surface area contributed by atoms with Crippen LogP contribution in [0.5, 0.6) is 0 Å². The number of nitrogens with one attached hydrogen (secondary N) is 1. The van der Waals surface area contributed by atoms with Crippen LogP contribution in [0.4, 0.5) is 10.1 Å². The summed E-state index contributed by atoms with van der Waals surface area (Å²) in [6.07, 6.45) is 2.97. The molecule has 1 fully saturated rings. The summed E-state index contributed by atoms with van der Waals surface area (Å²) in [6.45, 7) is 0.826. The Labute approximate surface area is 179 Å². The van der Waals surface area contributed by atoms with E-state index in [9.17, 15) is 4.39 Å². The summed E-state index contributed by atoms with van der Waals surface area (Å²) in [5, 5.41) is 5.02. The van der Waals surface area contributed by atoms with Crippen molar-refractivity contribution in [2.45, 2.75) is 23.8 Å². The fourth-order valence-corrected chi connectivity index (χ4v) is 5.22. The quantitative estimate of drug-likeness (QED) is 0.491. The smallest absolute Gasteiger partial charge is 0.123 e. The molecule has 0 aliphatic carbocycles. The van der Waals surface area contributed by atoms with Gasteiger partial charge in [0.1, 0.15) is 5.82 Å². The molecule has 2 heterocycles. The topological polar surface area (TPSA) is 24.4 Å². The van der Waals surface area contributed by atoms with Gasteiger partial charge in [-0.2, -0.15) is 0 Å². The lowest BCUT2D eigenvalue weighted by Crippen LogP contribution is -2.51. The van der Waals surface area contributed by atoms with Gasteiger partial charge < -0.3 is 5.32 Å². The molecule has 0 amide bonds. The molecule has 146 valence electrons. The van der Waals surface area contributed by atoms with E-state index in [2.05, 4.69) is 23.5 Å². The highest BCUT2D eigenvalue weighted by atomic mass is 35.5. The number of piperidine rings is 1. The minimum atomic E-state index is -0.445. The van der Waals surface area contributed by atoms with Gasteiger partial charge in [0.25, 0.3) is 0 Å². The molecule has 2 aliphatic rings. The number of nitrogens with zero attached hydrogens (tertiary/aromatic N) is 1. The minimum absolute atomic E-state index is 0.112. The largest absolute Gasteiger partial charge is 0.309 e. The van der Waals surface area contributed by atoms with Crippen LogP contribution in [0.2, 0.25) is 10.0 Å². The zero-order chi connectivity index (χ0) is 20.0. The van der Waals surface area contributed by atoms with Gasteiger partial charge in [0.15, 0.2) is 0 Å². The molecule has 0 unspecified atom stereocenters. The second-order valence-electron chi connectivity index (χ2n) is 7.69. The third-order valence-corrected chi connectivity index (χ3v) is 6.62. The third-order valence-electron chi connectivity index (χ3n) is 6.13. The lowest BCUT2D eigenvalue weighted by Gasteiger charge is -2.47. The Balaban J connectivity index is 1.73. The van der Waals surface area contributed by atoms with E-state index in [1.807, 2.05) is 36.5 Å². The van der Waals surface area contributed by atoms with Crippen LogP contribution in [0, 0.1) is 5.82 Å². The van der Waals surface area contributed by atoms with E-state index in [4.69, 9.17) is 28.2 Å². The normalized spacial score (nSPS) is 25.3. The van der Waals surface area contributed by atoms with Crippen molar-refractivity contribution in [3.8, 4) is 0 Å². The number of aliphatic imine (C=N–C) groups is 1. The van der Waals surface area contributed by atoms with Crippen LogP contribution in [-0.4, -0.2) is 12.8 Å². The van der Waals surface area contributed by atoms with Gasteiger partial charge in [0.2, 0.25) is 0 Å². The predicted molar refractivity (Wildman–Crippen MR) is 117 cm³/mol. The fourth-order valence-electron chi connectivity index (χ4n) is 4.93. The van der Waals surface area contributed by atoms with Crippen molar-refractivity contribution in [3.05, 3.63) is 99.3 Å². The van der Waals surface area contributed by atoms with Crippen molar-refractivity contribution in [2.75, 3.05) is 6.54 Å². The van der Waals surface area contributed by atoms with E-state index in [0.29, 0.717) is 10.0 Å². The van der Waals surface area contributed by atoms with Crippen LogP contribution >= 0.6 is 23.2 Å². The molecule has 5 rings (SSSR count). The maximum atomic E-state index is 14.1. The molecule has 0 saturated carbocycles. The summed E-state index contributed by atoms with van der Waals surface area (Å²) in [5.74, 6) is -0.0696. The van der Waals surface area contributed by atoms with Crippen molar-refractivity contribution < 1.29 is 4.39 Å². The van der Waals surface area contributed by atoms with Crippen molar-refractivity contribution in [3.63, 3.8) is 0 Å². The maximum Gasteiger partial charge on any atom is 0.123 e. The Morgan fingerprint density at radius 3 is 2.52 bits per heavy atom. The van der Waals surface area contributed by atoms with Crippen molar-refractivity contribution in [1.29, 1.82) is 0 Å². The Morgan fingerprint density at radius 1 is 0.931 bits per heavy atom. The first-order valence-corrected chi connectivity index (χ1v) is 10.4. The Bertz CT molecular complexity index is 1100. The van der Waals surface area contributed by atoms with Crippen molar-refractivity contribution in [1.82, 2.24) is 5.32 Å². The molecular formula is C24H19Cl2FN2. The SMILES string of the molecule is Fc1cccc([C@@H]2NCC[C@H](c3ccc(Cl)cc3)[C@@]23C=Nc2cc(Cl)ccc23)c1. The molecule has 2 aliphatic heterocycles. The van der Waals surface area contributed by atoms with E-state index >= 15 is 0 Å². The summed E-state index contributed by atoms with van der Waals surface area (Å²) in [5.41, 5.74) is 3.66. The Hall–Kier alpha value is -2.20. The number of hydrogen-bond acceptors (Lipinski definition) is 2. The second-order valence-corrected chi connectivity index (χ2v) is 8.56. The minimum Gasteiger partial charge on any atom is -0.309 e. The molecule has 0 aromatic heterocycles. The van der Waals surface area contributed by atoms with E-state index in [-0.39, 0.29) is 17.8 Å². The number of hydrogen-bond donors (Lipinski definition) is 1. The molecule has 3 aromatic carbocycles. The van der Waals surface area contributed by atoms with Gasteiger partial charge in [0.05, 0.1) is 11.1 Å². The average Bonchev–Trinajstić information content (AvgIpc) is 3.07. The van der Waals surface area contributed by atoms with Gasteiger partial charge in [-0.15, -0.1) is 0 Å². The first kappa shape index (κ1) is 18.8. The standard InChI is InChI=1S/C24H19Cl2FN2/c25-17-6-4-15(5-7-17)20-10-11-28-23(16-2-1-3-19(27)12-16)24(20)14-29-22-13-18(26)8-9-21(22)24/h1-9,12-14,20,23,28H,10-11H2/t20-,23+,24-/m1/s1. The first-order chi connectivity index (χ1) is 14.1. The highest BCUT2D eigenvalue weighted by Gasteiger charge is 2.52. The van der Waals surface area contributed by atoms with Crippen LogP contribution in [0.3, 0.4) is 0 Å². The molecule has 0 bridgehead atoms. The molecule has 3 atom stereocenters. The zero-order valence-electron chi connectivity index (χ0n) is 15.6. The molecule has 2 nitrogen and oxygen atoms in total. The lowest BCUT2D eigenvalue weighted by atomic mass is 9.60. The Morgan fingerprint density at radius 2 is 1.72 bits per heavy atom. The van der Waals surface area contributed by atoms with E-state index < -0.39 is 5.41 Å². The molecular weight excluding hydrogens is 406 g/mol. The molecule has 29 heavy (non-hydrogen) atoms. The summed E-state index contributed by atoms with van der Waals surface area (Å²) in [7, 11) is 0. The van der Waals surface area contributed by atoms with E-state index in [1.54, 1.807) is 12.1 Å². The highest BCUT2D eigenvalue weighted by Crippen LogP contribution is 2.56. The van der Waals surface area contributed by atoms with Crippen LogP contribution in [0.25, 0.3) is 0 Å². The average molecular weight is 425 g/mol. The van der Waals surface area contributed by atoms with Crippen molar-refractivity contribution >= 4 is 35.1 Å². The van der Waals surface area contributed by atoms with E-state index in [1.165, 1.54) is 11.6 Å². The lowest BCUT2D eigenvalue weighted by molar-refractivity contribution is 0.270. The van der Waals surface area contributed by atoms with Crippen LogP contribution in [0.15, 0.2) is 71.7 Å². The highest BCUT2D eigenvalue weighted by molar-refractivity contribution is 6.31. The molecule has 1 spiro atoms. The van der Waals surface area contributed by atoms with Gasteiger partial charge in [0, 0.05) is 28.2 Å². The zero-order valence-corrected chi connectivity index (χ0v) is 17.1. The number of benzene rings is 3. The van der Waals surface area contributed by atoms with Gasteiger partial charge in [-0.1, -0.05) is 53.5 Å². The molecule has 1 N–H and O–H groups in total. The van der Waals surface area contributed by atoms with Gasteiger partial charge in [-0.05, 0) is 66.1 Å². The predicted octanol–water partition coefficient (Wildman–Crippen LogP) is 6.60. The second kappa shape index (κ2) is 7.24. The van der Waals surface area contributed by atoms with Gasteiger partial charge >= 0.3 is 0 Å². The molecule has 3 aromatic rings. The van der Waals surface area contributed by atoms with Crippen LogP contribution in [0.1, 0.15) is 35.1 Å². The molecule has 0 radical (unpaired) electrons. The first-order valence-electron chi connectivity index (χ1n) is 9.67. The van der Waals surface area contributed by atoms with Crippen LogP contribution in [-0.2, 0) is 5.41 Å². The summed E-state index contributed by atoms with van der Waals surface area (Å²) in [6, 6.07) is 20.6. The number of rotatable bonds is 2. The fraction of sp³-hybridized carbons (Fsp3) is 0.208.